The molecule has 0 unspecified atom stereocenters. The summed E-state index contributed by atoms with van der Waals surface area (Å²) in [7, 11) is 0. The fourth-order valence-electron chi connectivity index (χ4n) is 2.40. The summed E-state index contributed by atoms with van der Waals surface area (Å²) in [5.74, 6) is 0.236. The van der Waals surface area contributed by atoms with E-state index >= 15 is 0 Å². The summed E-state index contributed by atoms with van der Waals surface area (Å²) < 4.78 is 5.46. The van der Waals surface area contributed by atoms with Crippen LogP contribution in [0.25, 0.3) is 0 Å². The number of pyridine rings is 1. The van der Waals surface area contributed by atoms with Crippen molar-refractivity contribution in [2.75, 3.05) is 31.2 Å². The van der Waals surface area contributed by atoms with Gasteiger partial charge in [-0.05, 0) is 18.9 Å². The zero-order valence-electron chi connectivity index (χ0n) is 11.4. The summed E-state index contributed by atoms with van der Waals surface area (Å²) in [6.07, 6.45) is 2.87. The van der Waals surface area contributed by atoms with Crippen LogP contribution in [0.1, 0.15) is 18.4 Å². The number of hydrogen-bond donors (Lipinski definition) is 1. The monoisotopic (exact) mass is 292 g/mol. The van der Waals surface area contributed by atoms with E-state index in [9.17, 15) is 10.1 Å². The largest absolute Gasteiger partial charge is 0.394 e. The molecule has 0 aromatic carbocycles. The van der Waals surface area contributed by atoms with Gasteiger partial charge in [0, 0.05) is 19.3 Å². The molecule has 1 fully saturated rings. The molecule has 0 aliphatic carbocycles. The lowest BCUT2D eigenvalue weighted by Crippen LogP contribution is -2.38. The molecule has 1 N–H and O–H groups in total. The highest BCUT2D eigenvalue weighted by atomic mass is 16.6. The molecule has 1 saturated heterocycles. The van der Waals surface area contributed by atoms with E-state index in [0.29, 0.717) is 32.5 Å². The molecule has 0 radical (unpaired) electrons. The number of aliphatic hydroxyl groups is 1. The van der Waals surface area contributed by atoms with E-state index in [0.717, 1.165) is 0 Å². The van der Waals surface area contributed by atoms with Crippen LogP contribution in [0.2, 0.25) is 0 Å². The van der Waals surface area contributed by atoms with Crippen LogP contribution in [0.3, 0.4) is 0 Å². The smallest absolute Gasteiger partial charge is 0.329 e. The van der Waals surface area contributed by atoms with Gasteiger partial charge in [0.25, 0.3) is 0 Å². The number of aromatic nitrogens is 1. The van der Waals surface area contributed by atoms with Crippen molar-refractivity contribution in [3.63, 3.8) is 0 Å². The van der Waals surface area contributed by atoms with Gasteiger partial charge in [0.05, 0.1) is 24.2 Å². The number of aliphatic hydroxyl groups excluding tert-OH is 1. The highest BCUT2D eigenvalue weighted by Crippen LogP contribution is 2.31. The lowest BCUT2D eigenvalue weighted by Gasteiger charge is -2.32. The molecule has 1 aliphatic rings. The third-order valence-electron chi connectivity index (χ3n) is 3.39. The van der Waals surface area contributed by atoms with Crippen molar-refractivity contribution in [3.8, 4) is 6.07 Å². The van der Waals surface area contributed by atoms with E-state index in [1.54, 1.807) is 4.90 Å². The van der Waals surface area contributed by atoms with Crippen molar-refractivity contribution < 1.29 is 14.8 Å². The highest BCUT2D eigenvalue weighted by molar-refractivity contribution is 5.65. The maximum atomic E-state index is 11.2. The van der Waals surface area contributed by atoms with Gasteiger partial charge in [0.2, 0.25) is 5.82 Å². The maximum absolute atomic E-state index is 11.2. The number of anilines is 1. The number of nitro groups is 1. The summed E-state index contributed by atoms with van der Waals surface area (Å²) in [6, 6.07) is 3.18. The van der Waals surface area contributed by atoms with Crippen LogP contribution in [0.15, 0.2) is 12.3 Å². The molecule has 2 heterocycles. The Morgan fingerprint density at radius 2 is 2.29 bits per heavy atom. The van der Waals surface area contributed by atoms with E-state index < -0.39 is 4.92 Å². The van der Waals surface area contributed by atoms with Crippen molar-refractivity contribution in [3.05, 3.63) is 27.9 Å². The molecule has 8 nitrogen and oxygen atoms in total. The fraction of sp³-hybridized carbons (Fsp3) is 0.538. The van der Waals surface area contributed by atoms with Gasteiger partial charge in [-0.15, -0.1) is 0 Å². The van der Waals surface area contributed by atoms with Gasteiger partial charge in [-0.3, -0.25) is 10.1 Å². The Labute approximate surface area is 121 Å². The molecule has 2 rings (SSSR count). The predicted molar refractivity (Wildman–Crippen MR) is 73.9 cm³/mol. The van der Waals surface area contributed by atoms with Crippen LogP contribution >= 0.6 is 0 Å². The quantitative estimate of drug-likeness (QED) is 0.632. The van der Waals surface area contributed by atoms with Crippen molar-refractivity contribution in [2.24, 2.45) is 0 Å². The Hall–Kier alpha value is -2.24. The predicted octanol–water partition coefficient (Wildman–Crippen LogP) is 0.839. The number of ether oxygens (including phenoxy) is 1. The van der Waals surface area contributed by atoms with Crippen LogP contribution in [-0.2, 0) is 4.74 Å². The summed E-state index contributed by atoms with van der Waals surface area (Å²) in [6.45, 7) is 1.42. The van der Waals surface area contributed by atoms with E-state index in [1.165, 1.54) is 12.3 Å². The van der Waals surface area contributed by atoms with Gasteiger partial charge in [-0.25, -0.2) is 4.98 Å². The van der Waals surface area contributed by atoms with E-state index in [4.69, 9.17) is 15.1 Å². The first-order valence-electron chi connectivity index (χ1n) is 6.68. The molecule has 21 heavy (non-hydrogen) atoms. The Morgan fingerprint density at radius 3 is 2.86 bits per heavy atom. The summed E-state index contributed by atoms with van der Waals surface area (Å²) in [5.41, 5.74) is -0.224. The highest BCUT2D eigenvalue weighted by Gasteiger charge is 2.28. The van der Waals surface area contributed by atoms with Crippen molar-refractivity contribution >= 4 is 11.5 Å². The Morgan fingerprint density at radius 1 is 1.57 bits per heavy atom. The fourth-order valence-corrected chi connectivity index (χ4v) is 2.40. The summed E-state index contributed by atoms with van der Waals surface area (Å²) in [5, 5.41) is 28.9. The normalized spacial score (nSPS) is 15.7. The summed E-state index contributed by atoms with van der Waals surface area (Å²) in [4.78, 5) is 16.5. The van der Waals surface area contributed by atoms with Crippen LogP contribution in [0.5, 0.6) is 0 Å². The van der Waals surface area contributed by atoms with Gasteiger partial charge in [0.15, 0.2) is 0 Å². The standard InChI is InChI=1S/C13H16N4O4/c14-9-10-1-4-15-13(12(10)17(19)20)16-5-2-11(3-6-16)21-8-7-18/h1,4,11,18H,2-3,5-8H2. The lowest BCUT2D eigenvalue weighted by molar-refractivity contribution is -0.384. The minimum atomic E-state index is -0.560. The molecule has 1 aliphatic heterocycles. The van der Waals surface area contributed by atoms with E-state index in [2.05, 4.69) is 4.98 Å². The molecule has 8 heteroatoms. The van der Waals surface area contributed by atoms with Crippen molar-refractivity contribution in [1.29, 1.82) is 5.26 Å². The molecule has 0 spiro atoms. The van der Waals surface area contributed by atoms with Crippen molar-refractivity contribution in [2.45, 2.75) is 18.9 Å². The average molecular weight is 292 g/mol. The molecule has 0 amide bonds. The first kappa shape index (κ1) is 15.2. The second-order valence-electron chi connectivity index (χ2n) is 4.68. The number of nitrogens with zero attached hydrogens (tertiary/aromatic N) is 4. The maximum Gasteiger partial charge on any atom is 0.329 e. The lowest BCUT2D eigenvalue weighted by atomic mass is 10.1. The van der Waals surface area contributed by atoms with Gasteiger partial charge in [-0.1, -0.05) is 0 Å². The van der Waals surface area contributed by atoms with Gasteiger partial charge in [0.1, 0.15) is 11.6 Å². The molecule has 112 valence electrons. The van der Waals surface area contributed by atoms with Crippen LogP contribution < -0.4 is 4.90 Å². The topological polar surface area (TPSA) is 113 Å². The second kappa shape index (κ2) is 6.97. The van der Waals surface area contributed by atoms with Crippen LogP contribution in [0.4, 0.5) is 11.5 Å². The van der Waals surface area contributed by atoms with Crippen LogP contribution in [-0.4, -0.2) is 47.4 Å². The third-order valence-corrected chi connectivity index (χ3v) is 3.39. The first-order chi connectivity index (χ1) is 10.2. The number of hydrogen-bond acceptors (Lipinski definition) is 7. The minimum Gasteiger partial charge on any atom is -0.394 e. The molecule has 1 aromatic heterocycles. The zero-order chi connectivity index (χ0) is 15.2. The Kier molecular flexibility index (Phi) is 5.03. The number of rotatable bonds is 5. The van der Waals surface area contributed by atoms with Gasteiger partial charge in [-0.2, -0.15) is 5.26 Å². The van der Waals surface area contributed by atoms with E-state index in [-0.39, 0.29) is 29.8 Å². The first-order valence-corrected chi connectivity index (χ1v) is 6.68. The molecular weight excluding hydrogens is 276 g/mol. The Balaban J connectivity index is 2.14. The van der Waals surface area contributed by atoms with Crippen LogP contribution in [0, 0.1) is 21.4 Å². The molecule has 0 atom stereocenters. The number of piperidine rings is 1. The summed E-state index contributed by atoms with van der Waals surface area (Å²) >= 11 is 0. The molecule has 1 aromatic rings. The molecule has 0 bridgehead atoms. The third kappa shape index (κ3) is 3.45. The average Bonchev–Trinajstić information content (AvgIpc) is 2.52. The SMILES string of the molecule is N#Cc1ccnc(N2CCC(OCCO)CC2)c1[N+](=O)[O-]. The molecular formula is C13H16N4O4. The number of nitriles is 1. The van der Waals surface area contributed by atoms with E-state index in [1.807, 2.05) is 6.07 Å². The molecule has 0 saturated carbocycles. The van der Waals surface area contributed by atoms with Gasteiger partial charge < -0.3 is 14.7 Å². The Bertz CT molecular complexity index is 550. The van der Waals surface area contributed by atoms with Gasteiger partial charge >= 0.3 is 5.69 Å². The minimum absolute atomic E-state index is 0.0164. The van der Waals surface area contributed by atoms with Crippen molar-refractivity contribution in [1.82, 2.24) is 4.98 Å². The zero-order valence-corrected chi connectivity index (χ0v) is 11.4. The second-order valence-corrected chi connectivity index (χ2v) is 4.68.